The first-order valence-corrected chi connectivity index (χ1v) is 5.42. The molecule has 0 aromatic carbocycles. The largest absolute Gasteiger partial charge is 0.0891 e. The van der Waals surface area contributed by atoms with E-state index >= 15 is 0 Å². The molecule has 0 bridgehead atoms. The average Bonchev–Trinajstić information content (AvgIpc) is 2.71. The van der Waals surface area contributed by atoms with E-state index in [2.05, 4.69) is 15.9 Å². The highest BCUT2D eigenvalue weighted by Gasteiger charge is 2.33. The molecule has 0 aromatic rings. The molecular weight excluding hydrogens is 188 g/mol. The van der Waals surface area contributed by atoms with Gasteiger partial charge in [-0.05, 0) is 50.4 Å². The van der Waals surface area contributed by atoms with Crippen molar-refractivity contribution in [2.45, 2.75) is 43.4 Å². The number of rotatable bonds is 1. The summed E-state index contributed by atoms with van der Waals surface area (Å²) in [5, 5.41) is 0. The Kier molecular flexibility index (Phi) is 2.03. The molecule has 2 aliphatic carbocycles. The third-order valence-corrected chi connectivity index (χ3v) is 3.91. The molecule has 0 aromatic heterocycles. The smallest absolute Gasteiger partial charge is 0.0146 e. The number of hydrogen-bond acceptors (Lipinski definition) is 0. The third kappa shape index (κ3) is 1.55. The van der Waals surface area contributed by atoms with Crippen molar-refractivity contribution in [2.75, 3.05) is 0 Å². The van der Waals surface area contributed by atoms with E-state index < -0.39 is 0 Å². The summed E-state index contributed by atoms with van der Waals surface area (Å²) in [6, 6.07) is 0. The minimum Gasteiger partial charge on any atom is -0.0891 e. The molecule has 0 N–H and O–H groups in total. The van der Waals surface area contributed by atoms with E-state index in [1.807, 2.05) is 0 Å². The van der Waals surface area contributed by atoms with Crippen LogP contribution in [0.25, 0.3) is 0 Å². The summed E-state index contributed by atoms with van der Waals surface area (Å²) >= 11 is 3.69. The second-order valence-corrected chi connectivity index (χ2v) is 5.14. The van der Waals surface area contributed by atoms with Crippen molar-refractivity contribution >= 4 is 15.9 Å². The number of halogens is 1. The maximum absolute atomic E-state index is 3.69. The van der Waals surface area contributed by atoms with Gasteiger partial charge in [-0.25, -0.2) is 0 Å². The lowest BCUT2D eigenvalue weighted by Crippen LogP contribution is -2.15. The topological polar surface area (TPSA) is 0 Å². The van der Waals surface area contributed by atoms with Crippen molar-refractivity contribution in [2.24, 2.45) is 11.8 Å². The molecule has 1 heteroatoms. The summed E-state index contributed by atoms with van der Waals surface area (Å²) in [6.07, 6.45) is 8.94. The van der Waals surface area contributed by atoms with E-state index in [0.717, 1.165) is 16.7 Å². The van der Waals surface area contributed by atoms with E-state index in [-0.39, 0.29) is 0 Å². The standard InChI is InChI=1S/C9H15Br/c10-9-5-3-8(4-6-9)7-1-2-7/h7-9H,1-6H2. The lowest BCUT2D eigenvalue weighted by atomic mass is 9.86. The van der Waals surface area contributed by atoms with Gasteiger partial charge in [0.05, 0.1) is 0 Å². The Bertz CT molecular complexity index is 110. The molecule has 10 heavy (non-hydrogen) atoms. The molecule has 0 radical (unpaired) electrons. The monoisotopic (exact) mass is 202 g/mol. The van der Waals surface area contributed by atoms with Crippen LogP contribution in [0.2, 0.25) is 0 Å². The van der Waals surface area contributed by atoms with Crippen LogP contribution >= 0.6 is 15.9 Å². The van der Waals surface area contributed by atoms with Crippen molar-refractivity contribution in [3.05, 3.63) is 0 Å². The van der Waals surface area contributed by atoms with Crippen LogP contribution in [0.1, 0.15) is 38.5 Å². The van der Waals surface area contributed by atoms with Crippen LogP contribution in [-0.2, 0) is 0 Å². The van der Waals surface area contributed by atoms with E-state index in [1.165, 1.54) is 38.5 Å². The highest BCUT2D eigenvalue weighted by molar-refractivity contribution is 9.09. The molecule has 2 aliphatic rings. The lowest BCUT2D eigenvalue weighted by Gasteiger charge is -2.24. The van der Waals surface area contributed by atoms with E-state index in [1.54, 1.807) is 0 Å². The summed E-state index contributed by atoms with van der Waals surface area (Å²) in [5.74, 6) is 2.27. The quantitative estimate of drug-likeness (QED) is 0.573. The maximum atomic E-state index is 3.69. The van der Waals surface area contributed by atoms with Crippen LogP contribution in [0.5, 0.6) is 0 Å². The van der Waals surface area contributed by atoms with Gasteiger partial charge in [-0.3, -0.25) is 0 Å². The molecule has 2 saturated carbocycles. The van der Waals surface area contributed by atoms with Crippen molar-refractivity contribution in [3.63, 3.8) is 0 Å². The Morgan fingerprint density at radius 3 is 1.50 bits per heavy atom. The highest BCUT2D eigenvalue weighted by atomic mass is 79.9. The molecule has 0 nitrogen and oxygen atoms in total. The second kappa shape index (κ2) is 2.84. The normalized spacial score (nSPS) is 41.7. The van der Waals surface area contributed by atoms with Gasteiger partial charge in [0.2, 0.25) is 0 Å². The zero-order chi connectivity index (χ0) is 6.97. The first-order valence-electron chi connectivity index (χ1n) is 4.50. The molecular formula is C9H15Br. The Labute approximate surface area is 71.5 Å². The molecule has 0 spiro atoms. The Morgan fingerprint density at radius 1 is 0.700 bits per heavy atom. The molecule has 0 heterocycles. The fraction of sp³-hybridized carbons (Fsp3) is 1.00. The minimum atomic E-state index is 0.850. The van der Waals surface area contributed by atoms with Gasteiger partial charge in [0.15, 0.2) is 0 Å². The Hall–Kier alpha value is 0.480. The zero-order valence-corrected chi connectivity index (χ0v) is 7.94. The number of alkyl halides is 1. The van der Waals surface area contributed by atoms with Crippen molar-refractivity contribution in [1.82, 2.24) is 0 Å². The summed E-state index contributed by atoms with van der Waals surface area (Å²) < 4.78 is 0. The Morgan fingerprint density at radius 2 is 1.10 bits per heavy atom. The van der Waals surface area contributed by atoms with Crippen molar-refractivity contribution in [3.8, 4) is 0 Å². The lowest BCUT2D eigenvalue weighted by molar-refractivity contribution is 0.331. The van der Waals surface area contributed by atoms with Crippen LogP contribution in [-0.4, -0.2) is 4.83 Å². The molecule has 2 fully saturated rings. The van der Waals surface area contributed by atoms with E-state index in [4.69, 9.17) is 0 Å². The first-order chi connectivity index (χ1) is 4.86. The van der Waals surface area contributed by atoms with Crippen LogP contribution in [0.15, 0.2) is 0 Å². The van der Waals surface area contributed by atoms with Gasteiger partial charge < -0.3 is 0 Å². The fourth-order valence-electron chi connectivity index (χ4n) is 2.12. The predicted molar refractivity (Wildman–Crippen MR) is 47.4 cm³/mol. The maximum Gasteiger partial charge on any atom is 0.0146 e. The molecule has 58 valence electrons. The van der Waals surface area contributed by atoms with Crippen LogP contribution < -0.4 is 0 Å². The van der Waals surface area contributed by atoms with Gasteiger partial charge in [-0.2, -0.15) is 0 Å². The average molecular weight is 203 g/mol. The summed E-state index contributed by atoms with van der Waals surface area (Å²) in [5.41, 5.74) is 0. The summed E-state index contributed by atoms with van der Waals surface area (Å²) in [4.78, 5) is 0.850. The predicted octanol–water partition coefficient (Wildman–Crippen LogP) is 3.35. The highest BCUT2D eigenvalue weighted by Crippen LogP contribution is 2.44. The van der Waals surface area contributed by atoms with Gasteiger partial charge >= 0.3 is 0 Å². The van der Waals surface area contributed by atoms with Gasteiger partial charge in [-0.15, -0.1) is 0 Å². The fourth-order valence-corrected chi connectivity index (χ4v) is 2.65. The first kappa shape index (κ1) is 7.15. The SMILES string of the molecule is BrC1CCC(C2CC2)CC1. The van der Waals surface area contributed by atoms with Crippen molar-refractivity contribution in [1.29, 1.82) is 0 Å². The van der Waals surface area contributed by atoms with Crippen molar-refractivity contribution < 1.29 is 0 Å². The molecule has 0 amide bonds. The zero-order valence-electron chi connectivity index (χ0n) is 6.35. The number of hydrogen-bond donors (Lipinski definition) is 0. The summed E-state index contributed by atoms with van der Waals surface area (Å²) in [6.45, 7) is 0. The molecule has 0 atom stereocenters. The second-order valence-electron chi connectivity index (χ2n) is 3.85. The molecule has 0 saturated heterocycles. The molecule has 2 rings (SSSR count). The molecule has 0 aliphatic heterocycles. The van der Waals surface area contributed by atoms with Gasteiger partial charge in [0.25, 0.3) is 0 Å². The van der Waals surface area contributed by atoms with Gasteiger partial charge in [0, 0.05) is 4.83 Å². The van der Waals surface area contributed by atoms with Crippen LogP contribution in [0.4, 0.5) is 0 Å². The van der Waals surface area contributed by atoms with E-state index in [0.29, 0.717) is 0 Å². The molecule has 0 unspecified atom stereocenters. The Balaban J connectivity index is 1.79. The van der Waals surface area contributed by atoms with E-state index in [9.17, 15) is 0 Å². The summed E-state index contributed by atoms with van der Waals surface area (Å²) in [7, 11) is 0. The van der Waals surface area contributed by atoms with Crippen LogP contribution in [0, 0.1) is 11.8 Å². The van der Waals surface area contributed by atoms with Gasteiger partial charge in [0.1, 0.15) is 0 Å². The minimum absolute atomic E-state index is 0.850. The third-order valence-electron chi connectivity index (χ3n) is 2.99. The van der Waals surface area contributed by atoms with Crippen LogP contribution in [0.3, 0.4) is 0 Å². The van der Waals surface area contributed by atoms with Gasteiger partial charge in [-0.1, -0.05) is 15.9 Å².